The molecule has 3 aromatic rings. The van der Waals surface area contributed by atoms with Crippen LogP contribution in [0.5, 0.6) is 5.75 Å². The van der Waals surface area contributed by atoms with Crippen molar-refractivity contribution in [2.24, 2.45) is 10.1 Å². The standard InChI is InChI=1S/C28H24F2N4O3S/c1-16-3-5-17(6-4-16)23-14-24(18-7-10-20(37-2)11-8-18)34(33-23)28-32-27(36)25(38-28)15-26(35)31-19-9-12-21(29)22(30)13-19/h3-13,24-25H,14-15H2,1-2H3,(H,31,35)/t24-,25-/m1/s1. The number of thioether (sulfide) groups is 1. The van der Waals surface area contributed by atoms with Crippen LogP contribution in [0.15, 0.2) is 76.8 Å². The van der Waals surface area contributed by atoms with Gasteiger partial charge in [0.15, 0.2) is 16.8 Å². The molecule has 2 atom stereocenters. The lowest BCUT2D eigenvalue weighted by Crippen LogP contribution is -2.25. The molecule has 0 unspecified atom stereocenters. The zero-order valence-electron chi connectivity index (χ0n) is 20.7. The monoisotopic (exact) mass is 534 g/mol. The molecule has 0 bridgehead atoms. The summed E-state index contributed by atoms with van der Waals surface area (Å²) in [7, 11) is 1.61. The molecule has 1 N–H and O–H groups in total. The van der Waals surface area contributed by atoms with Crippen LogP contribution in [-0.4, -0.2) is 40.1 Å². The number of amidine groups is 1. The minimum absolute atomic E-state index is 0.108. The van der Waals surface area contributed by atoms with Crippen LogP contribution in [0.3, 0.4) is 0 Å². The number of nitrogens with zero attached hydrogens (tertiary/aromatic N) is 3. The molecule has 0 spiro atoms. The summed E-state index contributed by atoms with van der Waals surface area (Å²) in [5.41, 5.74) is 4.07. The predicted octanol–water partition coefficient (Wildman–Crippen LogP) is 5.46. The molecule has 2 aliphatic rings. The van der Waals surface area contributed by atoms with E-state index in [9.17, 15) is 18.4 Å². The Hall–Kier alpha value is -4.05. The fraction of sp³-hybridized carbons (Fsp3) is 0.214. The maximum absolute atomic E-state index is 13.5. The minimum atomic E-state index is -1.07. The van der Waals surface area contributed by atoms with Gasteiger partial charge in [0.2, 0.25) is 5.91 Å². The Labute approximate surface area is 222 Å². The molecule has 194 valence electrons. The van der Waals surface area contributed by atoms with E-state index in [1.54, 1.807) is 12.1 Å². The van der Waals surface area contributed by atoms with Crippen molar-refractivity contribution in [1.29, 1.82) is 0 Å². The van der Waals surface area contributed by atoms with Crippen LogP contribution < -0.4 is 10.1 Å². The maximum Gasteiger partial charge on any atom is 0.262 e. The summed E-state index contributed by atoms with van der Waals surface area (Å²) >= 11 is 1.17. The number of carbonyl (C=O) groups excluding carboxylic acids is 2. The SMILES string of the molecule is COc1ccc([C@H]2CC(c3ccc(C)cc3)=NN2C2=NC(=O)[C@@H](CC(=O)Nc3ccc(F)c(F)c3)S2)cc1. The van der Waals surface area contributed by atoms with Gasteiger partial charge in [0.1, 0.15) is 11.0 Å². The van der Waals surface area contributed by atoms with Gasteiger partial charge in [-0.2, -0.15) is 10.1 Å². The molecule has 2 amide bonds. The van der Waals surface area contributed by atoms with Gasteiger partial charge in [-0.1, -0.05) is 53.7 Å². The number of aliphatic imine (C=N–C) groups is 1. The smallest absolute Gasteiger partial charge is 0.262 e. The van der Waals surface area contributed by atoms with E-state index in [4.69, 9.17) is 9.84 Å². The molecule has 0 fully saturated rings. The molecule has 2 heterocycles. The lowest BCUT2D eigenvalue weighted by atomic mass is 9.98. The Morgan fingerprint density at radius 2 is 1.82 bits per heavy atom. The van der Waals surface area contributed by atoms with Crippen LogP contribution in [-0.2, 0) is 9.59 Å². The third-order valence-electron chi connectivity index (χ3n) is 6.29. The van der Waals surface area contributed by atoms with Crippen molar-refractivity contribution in [2.45, 2.75) is 31.1 Å². The van der Waals surface area contributed by atoms with Crippen LogP contribution in [0.4, 0.5) is 14.5 Å². The van der Waals surface area contributed by atoms with E-state index in [0.717, 1.165) is 40.3 Å². The molecule has 0 radical (unpaired) electrons. The molecule has 3 aromatic carbocycles. The van der Waals surface area contributed by atoms with Gasteiger partial charge in [-0.05, 0) is 42.3 Å². The Morgan fingerprint density at radius 3 is 2.50 bits per heavy atom. The van der Waals surface area contributed by atoms with Gasteiger partial charge in [0.25, 0.3) is 5.91 Å². The van der Waals surface area contributed by atoms with Gasteiger partial charge >= 0.3 is 0 Å². The zero-order valence-corrected chi connectivity index (χ0v) is 21.5. The van der Waals surface area contributed by atoms with Crippen molar-refractivity contribution < 1.29 is 23.1 Å². The summed E-state index contributed by atoms with van der Waals surface area (Å²) in [4.78, 5) is 29.5. The van der Waals surface area contributed by atoms with Crippen LogP contribution in [0.2, 0.25) is 0 Å². The molecule has 10 heteroatoms. The summed E-state index contributed by atoms with van der Waals surface area (Å²) in [6.45, 7) is 2.02. The zero-order chi connectivity index (χ0) is 26.8. The van der Waals surface area contributed by atoms with Crippen molar-refractivity contribution in [3.05, 3.63) is 95.1 Å². The van der Waals surface area contributed by atoms with Crippen molar-refractivity contribution in [2.75, 3.05) is 12.4 Å². The number of hydrogen-bond donors (Lipinski definition) is 1. The first-order valence-electron chi connectivity index (χ1n) is 11.9. The number of hydrazone groups is 1. The van der Waals surface area contributed by atoms with E-state index in [2.05, 4.69) is 10.3 Å². The molecule has 0 saturated carbocycles. The van der Waals surface area contributed by atoms with Crippen molar-refractivity contribution in [3.63, 3.8) is 0 Å². The van der Waals surface area contributed by atoms with Crippen molar-refractivity contribution >= 4 is 40.1 Å². The molecule has 0 aliphatic carbocycles. The number of amides is 2. The third kappa shape index (κ3) is 5.45. The van der Waals surface area contributed by atoms with Crippen molar-refractivity contribution in [1.82, 2.24) is 5.01 Å². The number of methoxy groups -OCH3 is 1. The van der Waals surface area contributed by atoms with Crippen LogP contribution >= 0.6 is 11.8 Å². The Balaban J connectivity index is 1.34. The quantitative estimate of drug-likeness (QED) is 0.454. The molecule has 7 nitrogen and oxygen atoms in total. The number of nitrogens with one attached hydrogen (secondary N) is 1. The number of carbonyl (C=O) groups is 2. The van der Waals surface area contributed by atoms with Gasteiger partial charge in [-0.15, -0.1) is 0 Å². The van der Waals surface area contributed by atoms with Crippen LogP contribution in [0, 0.1) is 18.6 Å². The predicted molar refractivity (Wildman–Crippen MR) is 143 cm³/mol. The van der Waals surface area contributed by atoms with E-state index in [0.29, 0.717) is 11.6 Å². The van der Waals surface area contributed by atoms with E-state index < -0.39 is 28.7 Å². The second-order valence-electron chi connectivity index (χ2n) is 8.97. The lowest BCUT2D eigenvalue weighted by Gasteiger charge is -2.23. The molecular formula is C28H24F2N4O3S. The largest absolute Gasteiger partial charge is 0.497 e. The average molecular weight is 535 g/mol. The second-order valence-corrected chi connectivity index (χ2v) is 10.1. The summed E-state index contributed by atoms with van der Waals surface area (Å²) < 4.78 is 32.0. The van der Waals surface area contributed by atoms with E-state index in [1.807, 2.05) is 55.5 Å². The maximum atomic E-state index is 13.5. The number of halogens is 2. The average Bonchev–Trinajstić information content (AvgIpc) is 3.50. The second kappa shape index (κ2) is 10.7. The fourth-order valence-electron chi connectivity index (χ4n) is 4.25. The first kappa shape index (κ1) is 25.6. The third-order valence-corrected chi connectivity index (χ3v) is 7.44. The highest BCUT2D eigenvalue weighted by Gasteiger charge is 2.39. The van der Waals surface area contributed by atoms with Gasteiger partial charge in [-0.3, -0.25) is 9.59 Å². The fourth-order valence-corrected chi connectivity index (χ4v) is 5.31. The molecule has 0 saturated heterocycles. The summed E-state index contributed by atoms with van der Waals surface area (Å²) in [6, 6.07) is 18.6. The molecule has 5 rings (SSSR count). The Bertz CT molecular complexity index is 1440. The lowest BCUT2D eigenvalue weighted by molar-refractivity contribution is -0.121. The van der Waals surface area contributed by atoms with Gasteiger partial charge < -0.3 is 10.1 Å². The van der Waals surface area contributed by atoms with Gasteiger partial charge in [-0.25, -0.2) is 13.8 Å². The Morgan fingerprint density at radius 1 is 1.08 bits per heavy atom. The van der Waals surface area contributed by atoms with E-state index in [-0.39, 0.29) is 18.2 Å². The molecule has 38 heavy (non-hydrogen) atoms. The molecule has 0 aromatic heterocycles. The van der Waals surface area contributed by atoms with Crippen molar-refractivity contribution in [3.8, 4) is 5.75 Å². The normalized spacial score (nSPS) is 18.8. The number of rotatable bonds is 6. The highest BCUT2D eigenvalue weighted by Crippen LogP contribution is 2.39. The van der Waals surface area contributed by atoms with E-state index in [1.165, 1.54) is 17.8 Å². The topological polar surface area (TPSA) is 83.4 Å². The Kier molecular flexibility index (Phi) is 7.24. The number of ether oxygens (including phenoxy) is 1. The first-order valence-corrected chi connectivity index (χ1v) is 12.8. The van der Waals surface area contributed by atoms with E-state index >= 15 is 0 Å². The number of hydrogen-bond acceptors (Lipinski definition) is 6. The molecule has 2 aliphatic heterocycles. The van der Waals surface area contributed by atoms with Crippen LogP contribution in [0.25, 0.3) is 0 Å². The number of benzene rings is 3. The highest BCUT2D eigenvalue weighted by atomic mass is 32.2. The van der Waals surface area contributed by atoms with Crippen LogP contribution in [0.1, 0.15) is 35.6 Å². The van der Waals surface area contributed by atoms with Gasteiger partial charge in [0.05, 0.1) is 18.9 Å². The number of aryl methyl sites for hydroxylation is 1. The minimum Gasteiger partial charge on any atom is -0.497 e. The number of anilines is 1. The van der Waals surface area contributed by atoms with Gasteiger partial charge in [0, 0.05) is 24.6 Å². The first-order chi connectivity index (χ1) is 18.3. The summed E-state index contributed by atoms with van der Waals surface area (Å²) in [5.74, 6) is -2.30. The summed E-state index contributed by atoms with van der Waals surface area (Å²) in [5, 5.41) is 8.74. The highest BCUT2D eigenvalue weighted by molar-refractivity contribution is 8.15. The molecular weight excluding hydrogens is 510 g/mol. The summed E-state index contributed by atoms with van der Waals surface area (Å²) in [6.07, 6.45) is 0.426.